The Labute approximate surface area is 140 Å². The van der Waals surface area contributed by atoms with Gasteiger partial charge in [0, 0.05) is 18.8 Å². The number of hydrogen-bond acceptors (Lipinski definition) is 7. The number of para-hydroxylation sites is 1. The number of carboxylic acids is 1. The molecule has 3 N–H and O–H groups in total. The van der Waals surface area contributed by atoms with E-state index in [1.54, 1.807) is 6.92 Å². The van der Waals surface area contributed by atoms with Gasteiger partial charge in [0.1, 0.15) is 6.04 Å². The van der Waals surface area contributed by atoms with Gasteiger partial charge >= 0.3 is 5.97 Å². The normalized spacial score (nSPS) is 15.1. The smallest absolute Gasteiger partial charge is 0.325 e. The van der Waals surface area contributed by atoms with Crippen LogP contribution in [0.15, 0.2) is 30.3 Å². The van der Waals surface area contributed by atoms with E-state index in [1.807, 2.05) is 30.3 Å². The molecule has 0 radical (unpaired) electrons. The molecule has 0 bridgehead atoms. The summed E-state index contributed by atoms with van der Waals surface area (Å²) in [6.07, 6.45) is 2.20. The first-order valence-corrected chi connectivity index (χ1v) is 7.94. The van der Waals surface area contributed by atoms with Crippen molar-refractivity contribution in [3.8, 4) is 0 Å². The van der Waals surface area contributed by atoms with Crippen molar-refractivity contribution in [2.45, 2.75) is 25.8 Å². The summed E-state index contributed by atoms with van der Waals surface area (Å²) >= 11 is 0. The summed E-state index contributed by atoms with van der Waals surface area (Å²) in [4.78, 5) is 26.3. The molecule has 1 aromatic heterocycles. The van der Waals surface area contributed by atoms with Gasteiger partial charge in [-0.05, 0) is 31.9 Å². The predicted octanol–water partition coefficient (Wildman–Crippen LogP) is 2.10. The fourth-order valence-corrected chi connectivity index (χ4v) is 2.45. The second kappa shape index (κ2) is 7.12. The Kier molecular flexibility index (Phi) is 4.74. The molecule has 2 heterocycles. The van der Waals surface area contributed by atoms with Gasteiger partial charge in [-0.1, -0.05) is 18.2 Å². The van der Waals surface area contributed by atoms with E-state index in [9.17, 15) is 4.79 Å². The van der Waals surface area contributed by atoms with E-state index >= 15 is 0 Å². The monoisotopic (exact) mass is 328 g/mol. The second-order valence-electron chi connectivity index (χ2n) is 5.67. The fourth-order valence-electron chi connectivity index (χ4n) is 2.45. The third-order valence-corrected chi connectivity index (χ3v) is 3.76. The van der Waals surface area contributed by atoms with Crippen LogP contribution < -0.4 is 15.5 Å². The van der Waals surface area contributed by atoms with Crippen LogP contribution in [0.1, 0.15) is 19.8 Å². The zero-order valence-electron chi connectivity index (χ0n) is 13.4. The molecular weight excluding hydrogens is 308 g/mol. The average Bonchev–Trinajstić information content (AvgIpc) is 3.10. The highest BCUT2D eigenvalue weighted by atomic mass is 16.4. The van der Waals surface area contributed by atoms with E-state index in [2.05, 4.69) is 30.5 Å². The molecule has 2 aromatic rings. The number of carboxylic acid groups (broad SMARTS) is 1. The maximum absolute atomic E-state index is 11.1. The molecule has 0 spiro atoms. The highest BCUT2D eigenvalue weighted by molar-refractivity contribution is 5.76. The minimum absolute atomic E-state index is 0.250. The van der Waals surface area contributed by atoms with E-state index in [4.69, 9.17) is 5.11 Å². The SMILES string of the molecule is CC(Nc1nc(Nc2ccccc2)nc(N2CCCC2)n1)C(=O)O. The van der Waals surface area contributed by atoms with Crippen LogP contribution in [0.25, 0.3) is 0 Å². The number of anilines is 4. The standard InChI is InChI=1S/C16H20N6O2/c1-11(13(23)24)17-14-19-15(18-12-7-3-2-4-8-12)21-16(20-14)22-9-5-6-10-22/h2-4,7-8,11H,5-6,9-10H2,1H3,(H,23,24)(H2,17,18,19,20,21). The molecule has 8 nitrogen and oxygen atoms in total. The van der Waals surface area contributed by atoms with Crippen LogP contribution in [0.3, 0.4) is 0 Å². The Balaban J connectivity index is 1.88. The lowest BCUT2D eigenvalue weighted by atomic mass is 10.3. The van der Waals surface area contributed by atoms with E-state index in [1.165, 1.54) is 0 Å². The molecule has 1 fully saturated rings. The van der Waals surface area contributed by atoms with Crippen LogP contribution >= 0.6 is 0 Å². The number of hydrogen-bond donors (Lipinski definition) is 3. The first-order chi connectivity index (χ1) is 11.6. The van der Waals surface area contributed by atoms with Gasteiger partial charge in [0.05, 0.1) is 0 Å². The third kappa shape index (κ3) is 3.89. The summed E-state index contributed by atoms with van der Waals surface area (Å²) < 4.78 is 0. The highest BCUT2D eigenvalue weighted by Crippen LogP contribution is 2.21. The molecule has 1 aromatic carbocycles. The number of aliphatic carboxylic acids is 1. The van der Waals surface area contributed by atoms with Gasteiger partial charge < -0.3 is 20.6 Å². The number of rotatable bonds is 6. The fraction of sp³-hybridized carbons (Fsp3) is 0.375. The zero-order valence-corrected chi connectivity index (χ0v) is 13.4. The van der Waals surface area contributed by atoms with Crippen molar-refractivity contribution in [2.75, 3.05) is 28.6 Å². The summed E-state index contributed by atoms with van der Waals surface area (Å²) in [5, 5.41) is 15.0. The van der Waals surface area contributed by atoms with Crippen LogP contribution in [0.2, 0.25) is 0 Å². The van der Waals surface area contributed by atoms with E-state index < -0.39 is 12.0 Å². The van der Waals surface area contributed by atoms with Gasteiger partial charge in [-0.2, -0.15) is 15.0 Å². The zero-order chi connectivity index (χ0) is 16.9. The molecule has 1 aliphatic heterocycles. The van der Waals surface area contributed by atoms with Gasteiger partial charge in [-0.25, -0.2) is 0 Å². The molecule has 24 heavy (non-hydrogen) atoms. The first kappa shape index (κ1) is 16.0. The maximum atomic E-state index is 11.1. The van der Waals surface area contributed by atoms with Gasteiger partial charge in [-0.3, -0.25) is 4.79 Å². The molecule has 1 atom stereocenters. The largest absolute Gasteiger partial charge is 0.480 e. The van der Waals surface area contributed by atoms with Crippen molar-refractivity contribution in [3.63, 3.8) is 0 Å². The number of aromatic nitrogens is 3. The van der Waals surface area contributed by atoms with Crippen LogP contribution in [-0.2, 0) is 4.79 Å². The van der Waals surface area contributed by atoms with Crippen molar-refractivity contribution >= 4 is 29.5 Å². The van der Waals surface area contributed by atoms with Gasteiger partial charge in [0.15, 0.2) is 0 Å². The summed E-state index contributed by atoms with van der Waals surface area (Å²) in [6, 6.07) is 8.78. The van der Waals surface area contributed by atoms with Crippen molar-refractivity contribution < 1.29 is 9.90 Å². The Morgan fingerprint density at radius 1 is 1.12 bits per heavy atom. The maximum Gasteiger partial charge on any atom is 0.325 e. The Hall–Kier alpha value is -2.90. The third-order valence-electron chi connectivity index (χ3n) is 3.76. The number of nitrogens with zero attached hydrogens (tertiary/aromatic N) is 4. The molecule has 8 heteroatoms. The molecule has 1 aliphatic rings. The van der Waals surface area contributed by atoms with Crippen molar-refractivity contribution in [3.05, 3.63) is 30.3 Å². The van der Waals surface area contributed by atoms with Gasteiger partial charge in [0.25, 0.3) is 0 Å². The lowest BCUT2D eigenvalue weighted by Gasteiger charge is -2.18. The molecule has 1 saturated heterocycles. The van der Waals surface area contributed by atoms with E-state index in [0.717, 1.165) is 31.6 Å². The van der Waals surface area contributed by atoms with E-state index in [-0.39, 0.29) is 5.95 Å². The molecule has 0 amide bonds. The minimum Gasteiger partial charge on any atom is -0.480 e. The molecule has 0 aliphatic carbocycles. The number of benzene rings is 1. The van der Waals surface area contributed by atoms with Crippen molar-refractivity contribution in [2.24, 2.45) is 0 Å². The molecule has 1 unspecified atom stereocenters. The van der Waals surface area contributed by atoms with Gasteiger partial charge in [-0.15, -0.1) is 0 Å². The van der Waals surface area contributed by atoms with Crippen molar-refractivity contribution in [1.82, 2.24) is 15.0 Å². The first-order valence-electron chi connectivity index (χ1n) is 7.94. The van der Waals surface area contributed by atoms with Crippen molar-refractivity contribution in [1.29, 1.82) is 0 Å². The molecule has 126 valence electrons. The molecule has 0 saturated carbocycles. The summed E-state index contributed by atoms with van der Waals surface area (Å²) in [5.74, 6) is 0.232. The van der Waals surface area contributed by atoms with Crippen LogP contribution in [0.5, 0.6) is 0 Å². The minimum atomic E-state index is -0.962. The lowest BCUT2D eigenvalue weighted by molar-refractivity contribution is -0.137. The Morgan fingerprint density at radius 3 is 2.46 bits per heavy atom. The second-order valence-corrected chi connectivity index (χ2v) is 5.67. The number of nitrogens with one attached hydrogen (secondary N) is 2. The highest BCUT2D eigenvalue weighted by Gasteiger charge is 2.19. The Morgan fingerprint density at radius 2 is 1.79 bits per heavy atom. The van der Waals surface area contributed by atoms with Crippen LogP contribution in [0, 0.1) is 0 Å². The number of carbonyl (C=O) groups is 1. The molecule has 3 rings (SSSR count). The predicted molar refractivity (Wildman–Crippen MR) is 91.7 cm³/mol. The van der Waals surface area contributed by atoms with Gasteiger partial charge in [0.2, 0.25) is 17.8 Å². The topological polar surface area (TPSA) is 103 Å². The Bertz CT molecular complexity index is 703. The van der Waals surface area contributed by atoms with E-state index in [0.29, 0.717) is 11.9 Å². The lowest BCUT2D eigenvalue weighted by Crippen LogP contribution is -2.28. The quantitative estimate of drug-likeness (QED) is 0.741. The van der Waals surface area contributed by atoms with Crippen LogP contribution in [-0.4, -0.2) is 45.2 Å². The summed E-state index contributed by atoms with van der Waals surface area (Å²) in [7, 11) is 0. The summed E-state index contributed by atoms with van der Waals surface area (Å²) in [6.45, 7) is 3.33. The summed E-state index contributed by atoms with van der Waals surface area (Å²) in [5.41, 5.74) is 0.855. The van der Waals surface area contributed by atoms with Crippen LogP contribution in [0.4, 0.5) is 23.5 Å². The molecular formula is C16H20N6O2. The average molecular weight is 328 g/mol.